The highest BCUT2D eigenvalue weighted by atomic mass is 19.1. The molecule has 0 atom stereocenters. The molecule has 0 aliphatic rings. The minimum absolute atomic E-state index is 0.0998. The first kappa shape index (κ1) is 19.4. The zero-order valence-electron chi connectivity index (χ0n) is 15.0. The molecule has 2 aromatic rings. The number of methoxy groups -OCH3 is 1. The van der Waals surface area contributed by atoms with Crippen LogP contribution in [0.2, 0.25) is 0 Å². The Morgan fingerprint density at radius 3 is 2.38 bits per heavy atom. The third-order valence-corrected chi connectivity index (χ3v) is 4.03. The predicted octanol–water partition coefficient (Wildman–Crippen LogP) is 3.25. The van der Waals surface area contributed by atoms with E-state index in [2.05, 4.69) is 5.32 Å². The van der Waals surface area contributed by atoms with Gasteiger partial charge in [0.2, 0.25) is 11.8 Å². The maximum Gasteiger partial charge on any atom is 0.226 e. The van der Waals surface area contributed by atoms with Crippen LogP contribution in [0, 0.1) is 5.82 Å². The third kappa shape index (κ3) is 5.88. The van der Waals surface area contributed by atoms with Gasteiger partial charge in [-0.15, -0.1) is 0 Å². The second-order valence-corrected chi connectivity index (χ2v) is 5.88. The molecule has 138 valence electrons. The molecule has 0 aliphatic carbocycles. The van der Waals surface area contributed by atoms with Crippen molar-refractivity contribution in [3.05, 3.63) is 59.9 Å². The van der Waals surface area contributed by atoms with Gasteiger partial charge in [-0.2, -0.15) is 0 Å². The number of carbonyl (C=O) groups is 2. The van der Waals surface area contributed by atoms with Gasteiger partial charge in [-0.05, 0) is 36.2 Å². The van der Waals surface area contributed by atoms with Crippen molar-refractivity contribution >= 4 is 17.5 Å². The Kier molecular flexibility index (Phi) is 7.14. The molecule has 0 spiro atoms. The summed E-state index contributed by atoms with van der Waals surface area (Å²) in [6.07, 6.45) is 0.787. The minimum atomic E-state index is -0.483. The fourth-order valence-electron chi connectivity index (χ4n) is 2.49. The number of ether oxygens (including phenoxy) is 1. The van der Waals surface area contributed by atoms with Gasteiger partial charge in [-0.25, -0.2) is 4.39 Å². The molecule has 0 fully saturated rings. The maximum atomic E-state index is 13.6. The number of halogens is 1. The fourth-order valence-corrected chi connectivity index (χ4v) is 2.49. The van der Waals surface area contributed by atoms with E-state index in [-0.39, 0.29) is 30.5 Å². The van der Waals surface area contributed by atoms with Crippen molar-refractivity contribution in [1.82, 2.24) is 4.90 Å². The first-order chi connectivity index (χ1) is 12.5. The molecule has 2 aromatic carbocycles. The van der Waals surface area contributed by atoms with E-state index in [1.54, 1.807) is 24.1 Å². The summed E-state index contributed by atoms with van der Waals surface area (Å²) in [6.45, 7) is 2.27. The molecule has 0 bridgehead atoms. The van der Waals surface area contributed by atoms with E-state index in [1.807, 2.05) is 24.3 Å². The van der Waals surface area contributed by atoms with Crippen LogP contribution in [0.15, 0.2) is 48.5 Å². The summed E-state index contributed by atoms with van der Waals surface area (Å²) >= 11 is 0. The molecule has 5 nitrogen and oxygen atoms in total. The number of amides is 2. The van der Waals surface area contributed by atoms with Crippen molar-refractivity contribution in [2.24, 2.45) is 0 Å². The molecule has 0 radical (unpaired) electrons. The Morgan fingerprint density at radius 1 is 1.08 bits per heavy atom. The van der Waals surface area contributed by atoms with E-state index in [4.69, 9.17) is 4.74 Å². The van der Waals surface area contributed by atoms with Crippen molar-refractivity contribution < 1.29 is 18.7 Å². The number of para-hydroxylation sites is 1. The summed E-state index contributed by atoms with van der Waals surface area (Å²) in [5.74, 6) is -0.131. The van der Waals surface area contributed by atoms with Crippen LogP contribution in [0.4, 0.5) is 10.1 Å². The minimum Gasteiger partial charge on any atom is -0.497 e. The average Bonchev–Trinajstić information content (AvgIpc) is 2.63. The van der Waals surface area contributed by atoms with Crippen molar-refractivity contribution in [3.63, 3.8) is 0 Å². The van der Waals surface area contributed by atoms with E-state index < -0.39 is 5.82 Å². The summed E-state index contributed by atoms with van der Waals surface area (Å²) in [6, 6.07) is 13.6. The first-order valence-electron chi connectivity index (χ1n) is 8.42. The molecule has 0 unspecified atom stereocenters. The normalized spacial score (nSPS) is 10.3. The molecule has 2 amide bonds. The SMILES string of the molecule is COc1ccc(CCN(CCC(=O)Nc2ccccc2F)C(C)=O)cc1. The second kappa shape index (κ2) is 9.56. The maximum absolute atomic E-state index is 13.6. The van der Waals surface area contributed by atoms with Crippen LogP contribution >= 0.6 is 0 Å². The number of nitrogens with zero attached hydrogens (tertiary/aromatic N) is 1. The molecule has 0 heterocycles. The molecule has 6 heteroatoms. The number of nitrogens with one attached hydrogen (secondary N) is 1. The van der Waals surface area contributed by atoms with Crippen LogP contribution in [0.3, 0.4) is 0 Å². The summed E-state index contributed by atoms with van der Waals surface area (Å²) in [7, 11) is 1.61. The van der Waals surface area contributed by atoms with Gasteiger partial charge >= 0.3 is 0 Å². The fraction of sp³-hybridized carbons (Fsp3) is 0.300. The van der Waals surface area contributed by atoms with Gasteiger partial charge < -0.3 is 15.0 Å². The highest BCUT2D eigenvalue weighted by Gasteiger charge is 2.12. The van der Waals surface area contributed by atoms with Crippen LogP contribution in [0.5, 0.6) is 5.75 Å². The topological polar surface area (TPSA) is 58.6 Å². The molecule has 0 saturated heterocycles. The smallest absolute Gasteiger partial charge is 0.226 e. The van der Waals surface area contributed by atoms with Crippen molar-refractivity contribution in [3.8, 4) is 5.75 Å². The zero-order valence-corrected chi connectivity index (χ0v) is 15.0. The molecule has 1 N–H and O–H groups in total. The van der Waals surface area contributed by atoms with Crippen molar-refractivity contribution in [2.75, 3.05) is 25.5 Å². The van der Waals surface area contributed by atoms with Gasteiger partial charge in [0, 0.05) is 26.4 Å². The summed E-state index contributed by atoms with van der Waals surface area (Å²) in [5.41, 5.74) is 1.22. The average molecular weight is 358 g/mol. The van der Waals surface area contributed by atoms with Crippen LogP contribution < -0.4 is 10.1 Å². The Hall–Kier alpha value is -2.89. The molecule has 0 aliphatic heterocycles. The highest BCUT2D eigenvalue weighted by molar-refractivity contribution is 5.91. The Morgan fingerprint density at radius 2 is 1.77 bits per heavy atom. The highest BCUT2D eigenvalue weighted by Crippen LogP contribution is 2.14. The molecular weight excluding hydrogens is 335 g/mol. The largest absolute Gasteiger partial charge is 0.497 e. The molecule has 2 rings (SSSR count). The van der Waals surface area contributed by atoms with E-state index in [0.29, 0.717) is 13.0 Å². The van der Waals surface area contributed by atoms with E-state index in [9.17, 15) is 14.0 Å². The monoisotopic (exact) mass is 358 g/mol. The van der Waals surface area contributed by atoms with Crippen LogP contribution in [-0.2, 0) is 16.0 Å². The third-order valence-electron chi connectivity index (χ3n) is 4.03. The van der Waals surface area contributed by atoms with Gasteiger partial charge in [-0.3, -0.25) is 9.59 Å². The lowest BCUT2D eigenvalue weighted by Gasteiger charge is -2.21. The molecule has 0 aromatic heterocycles. The zero-order chi connectivity index (χ0) is 18.9. The Labute approximate surface area is 152 Å². The molecule has 0 saturated carbocycles. The number of benzene rings is 2. The van der Waals surface area contributed by atoms with Gasteiger partial charge in [0.1, 0.15) is 11.6 Å². The quantitative estimate of drug-likeness (QED) is 0.788. The summed E-state index contributed by atoms with van der Waals surface area (Å²) in [5, 5.41) is 2.53. The number of anilines is 1. The number of rotatable bonds is 8. The lowest BCUT2D eigenvalue weighted by molar-refractivity contribution is -0.129. The summed E-state index contributed by atoms with van der Waals surface area (Å²) < 4.78 is 18.7. The molecule has 26 heavy (non-hydrogen) atoms. The van der Waals surface area contributed by atoms with E-state index in [1.165, 1.54) is 19.1 Å². The van der Waals surface area contributed by atoms with Gasteiger partial charge in [0.05, 0.1) is 12.8 Å². The number of hydrogen-bond acceptors (Lipinski definition) is 3. The van der Waals surface area contributed by atoms with Crippen LogP contribution in [0.1, 0.15) is 18.9 Å². The molecular formula is C20H23FN2O3. The van der Waals surface area contributed by atoms with Crippen LogP contribution in [-0.4, -0.2) is 36.9 Å². The van der Waals surface area contributed by atoms with Crippen LogP contribution in [0.25, 0.3) is 0 Å². The van der Waals surface area contributed by atoms with Gasteiger partial charge in [0.15, 0.2) is 0 Å². The van der Waals surface area contributed by atoms with Crippen molar-refractivity contribution in [1.29, 1.82) is 0 Å². The van der Waals surface area contributed by atoms with E-state index in [0.717, 1.165) is 11.3 Å². The lowest BCUT2D eigenvalue weighted by atomic mass is 10.1. The number of hydrogen-bond donors (Lipinski definition) is 1. The van der Waals surface area contributed by atoms with Crippen molar-refractivity contribution in [2.45, 2.75) is 19.8 Å². The van der Waals surface area contributed by atoms with Gasteiger partial charge in [0.25, 0.3) is 0 Å². The predicted molar refractivity (Wildman–Crippen MR) is 98.6 cm³/mol. The lowest BCUT2D eigenvalue weighted by Crippen LogP contribution is -2.33. The standard InChI is InChI=1S/C20H23FN2O3/c1-15(24)23(13-11-16-7-9-17(26-2)10-8-16)14-12-20(25)22-19-6-4-3-5-18(19)21/h3-10H,11-14H2,1-2H3,(H,22,25). The van der Waals surface area contributed by atoms with E-state index >= 15 is 0 Å². The van der Waals surface area contributed by atoms with Gasteiger partial charge in [-0.1, -0.05) is 24.3 Å². The Bertz CT molecular complexity index is 747. The number of carbonyl (C=O) groups excluding carboxylic acids is 2. The first-order valence-corrected chi connectivity index (χ1v) is 8.42. The summed E-state index contributed by atoms with van der Waals surface area (Å²) in [4.78, 5) is 25.4. The second-order valence-electron chi connectivity index (χ2n) is 5.88. The Balaban J connectivity index is 1.84.